The molecular formula is C25H22FN3O2S. The average molecular weight is 448 g/mol. The van der Waals surface area contributed by atoms with E-state index >= 15 is 0 Å². The Morgan fingerprint density at radius 3 is 2.69 bits per heavy atom. The van der Waals surface area contributed by atoms with Crippen LogP contribution in [0.25, 0.3) is 0 Å². The van der Waals surface area contributed by atoms with Crippen molar-refractivity contribution in [1.29, 1.82) is 0 Å². The van der Waals surface area contributed by atoms with Gasteiger partial charge in [0.25, 0.3) is 5.91 Å². The summed E-state index contributed by atoms with van der Waals surface area (Å²) < 4.78 is 14.4. The molecule has 1 N–H and O–H groups in total. The number of amides is 3. The second-order valence-electron chi connectivity index (χ2n) is 7.94. The monoisotopic (exact) mass is 447 g/mol. The summed E-state index contributed by atoms with van der Waals surface area (Å²) >= 11 is 1.45. The van der Waals surface area contributed by atoms with Crippen LogP contribution in [0.1, 0.15) is 16.7 Å². The topological polar surface area (TPSA) is 52.7 Å². The fraction of sp³-hybridized carbons (Fsp3) is 0.200. The molecule has 3 aromatic carbocycles. The molecule has 7 heteroatoms. The number of nitrogens with one attached hydrogen (secondary N) is 1. The molecule has 1 unspecified atom stereocenters. The Bertz CT molecular complexity index is 1220. The highest BCUT2D eigenvalue weighted by atomic mass is 32.2. The smallest absolute Gasteiger partial charge is 0.308 e. The molecule has 0 radical (unpaired) electrons. The van der Waals surface area contributed by atoms with Crippen LogP contribution in [-0.4, -0.2) is 29.1 Å². The first kappa shape index (κ1) is 20.6. The van der Waals surface area contributed by atoms with Gasteiger partial charge in [-0.2, -0.15) is 0 Å². The third-order valence-corrected chi connectivity index (χ3v) is 7.32. The number of benzene rings is 3. The van der Waals surface area contributed by atoms with Gasteiger partial charge in [0.1, 0.15) is 5.82 Å². The SMILES string of the molecule is Cc1cccc(NC(=O)N2CCSC23C(=O)N(Cc2ccccc2F)c2ccccc23)c1. The van der Waals surface area contributed by atoms with E-state index in [1.165, 1.54) is 17.8 Å². The maximum atomic E-state index is 14.4. The summed E-state index contributed by atoms with van der Waals surface area (Å²) in [5.74, 6) is 0.0604. The van der Waals surface area contributed by atoms with Crippen LogP contribution < -0.4 is 10.2 Å². The van der Waals surface area contributed by atoms with Crippen LogP contribution in [-0.2, 0) is 16.2 Å². The van der Waals surface area contributed by atoms with E-state index in [0.717, 1.165) is 11.1 Å². The molecule has 1 spiro atoms. The fourth-order valence-electron chi connectivity index (χ4n) is 4.44. The van der Waals surface area contributed by atoms with Crippen molar-refractivity contribution in [2.24, 2.45) is 0 Å². The summed E-state index contributed by atoms with van der Waals surface area (Å²) in [4.78, 5) is 29.3. The number of rotatable bonds is 3. The molecule has 2 aliphatic heterocycles. The normalized spacial score (nSPS) is 19.5. The van der Waals surface area contributed by atoms with Gasteiger partial charge in [0.2, 0.25) is 0 Å². The standard InChI is InChI=1S/C25H22FN3O2S/c1-17-7-6-9-19(15-17)27-24(31)29-13-14-32-25(29)20-10-3-5-12-22(20)28(23(25)30)16-18-8-2-4-11-21(18)26/h2-12,15H,13-14,16H2,1H3,(H,27,31). The minimum absolute atomic E-state index is 0.109. The number of hydrogen-bond donors (Lipinski definition) is 1. The molecule has 2 aliphatic rings. The second-order valence-corrected chi connectivity index (χ2v) is 9.23. The Morgan fingerprint density at radius 1 is 1.09 bits per heavy atom. The molecular weight excluding hydrogens is 425 g/mol. The molecule has 5 rings (SSSR count). The summed E-state index contributed by atoms with van der Waals surface area (Å²) in [6, 6.07) is 21.2. The van der Waals surface area contributed by atoms with E-state index in [4.69, 9.17) is 0 Å². The lowest BCUT2D eigenvalue weighted by Gasteiger charge is -2.33. The van der Waals surface area contributed by atoms with E-state index < -0.39 is 4.87 Å². The maximum absolute atomic E-state index is 14.4. The summed E-state index contributed by atoms with van der Waals surface area (Å²) in [5, 5.41) is 2.94. The molecule has 0 saturated carbocycles. The van der Waals surface area contributed by atoms with E-state index in [1.54, 1.807) is 28.0 Å². The lowest BCUT2D eigenvalue weighted by atomic mass is 10.1. The number of hydrogen-bond acceptors (Lipinski definition) is 3. The molecule has 3 aromatic rings. The molecule has 162 valence electrons. The lowest BCUT2D eigenvalue weighted by molar-refractivity contribution is -0.123. The lowest BCUT2D eigenvalue weighted by Crippen LogP contribution is -2.51. The predicted molar refractivity (Wildman–Crippen MR) is 125 cm³/mol. The molecule has 2 heterocycles. The molecule has 5 nitrogen and oxygen atoms in total. The number of nitrogens with zero attached hydrogens (tertiary/aromatic N) is 2. The summed E-state index contributed by atoms with van der Waals surface area (Å²) in [6.07, 6.45) is 0. The largest absolute Gasteiger partial charge is 0.323 e. The zero-order chi connectivity index (χ0) is 22.3. The molecule has 32 heavy (non-hydrogen) atoms. The molecule has 0 aromatic heterocycles. The van der Waals surface area contributed by atoms with Crippen LogP contribution in [0.5, 0.6) is 0 Å². The van der Waals surface area contributed by atoms with Crippen molar-refractivity contribution < 1.29 is 14.0 Å². The van der Waals surface area contributed by atoms with E-state index in [2.05, 4.69) is 5.32 Å². The van der Waals surface area contributed by atoms with Crippen LogP contribution in [0.15, 0.2) is 72.8 Å². The Balaban J connectivity index is 1.52. The zero-order valence-corrected chi connectivity index (χ0v) is 18.4. The molecule has 1 saturated heterocycles. The van der Waals surface area contributed by atoms with Gasteiger partial charge in [0, 0.05) is 29.1 Å². The minimum atomic E-state index is -1.16. The van der Waals surface area contributed by atoms with Gasteiger partial charge in [-0.15, -0.1) is 11.8 Å². The number of fused-ring (bicyclic) bond motifs is 2. The van der Waals surface area contributed by atoms with Crippen LogP contribution >= 0.6 is 11.8 Å². The molecule has 1 fully saturated rings. The van der Waals surface area contributed by atoms with Gasteiger partial charge in [0.05, 0.1) is 12.2 Å². The van der Waals surface area contributed by atoms with Gasteiger partial charge in [-0.1, -0.05) is 48.5 Å². The van der Waals surface area contributed by atoms with Crippen LogP contribution in [0, 0.1) is 12.7 Å². The minimum Gasteiger partial charge on any atom is -0.308 e. The average Bonchev–Trinajstić information content (AvgIpc) is 3.33. The number of halogens is 1. The van der Waals surface area contributed by atoms with Crippen molar-refractivity contribution in [3.8, 4) is 0 Å². The van der Waals surface area contributed by atoms with Crippen LogP contribution in [0.4, 0.5) is 20.6 Å². The van der Waals surface area contributed by atoms with Crippen LogP contribution in [0.2, 0.25) is 0 Å². The molecule has 3 amide bonds. The van der Waals surface area contributed by atoms with Crippen molar-refractivity contribution in [2.75, 3.05) is 22.5 Å². The number of urea groups is 1. The number of thioether (sulfide) groups is 1. The second kappa shape index (κ2) is 7.98. The number of carbonyl (C=O) groups is 2. The maximum Gasteiger partial charge on any atom is 0.323 e. The van der Waals surface area contributed by atoms with Crippen molar-refractivity contribution in [2.45, 2.75) is 18.3 Å². The Labute approximate surface area is 190 Å². The zero-order valence-electron chi connectivity index (χ0n) is 17.5. The number of anilines is 2. The Hall–Kier alpha value is -3.32. The predicted octanol–water partition coefficient (Wildman–Crippen LogP) is 5.11. The highest BCUT2D eigenvalue weighted by Crippen LogP contribution is 2.54. The van der Waals surface area contributed by atoms with E-state index in [-0.39, 0.29) is 24.3 Å². The summed E-state index contributed by atoms with van der Waals surface area (Å²) in [7, 11) is 0. The third kappa shape index (κ3) is 3.24. The quantitative estimate of drug-likeness (QED) is 0.607. The number of para-hydroxylation sites is 1. The Morgan fingerprint density at radius 2 is 1.88 bits per heavy atom. The molecule has 0 aliphatic carbocycles. The van der Waals surface area contributed by atoms with Gasteiger partial charge in [0.15, 0.2) is 4.87 Å². The summed E-state index contributed by atoms with van der Waals surface area (Å²) in [5.41, 5.74) is 3.63. The van der Waals surface area contributed by atoms with Crippen molar-refractivity contribution in [3.05, 3.63) is 95.3 Å². The van der Waals surface area contributed by atoms with Crippen molar-refractivity contribution in [1.82, 2.24) is 4.90 Å². The van der Waals surface area contributed by atoms with Gasteiger partial charge in [-0.3, -0.25) is 9.69 Å². The van der Waals surface area contributed by atoms with E-state index in [0.29, 0.717) is 29.2 Å². The first-order chi connectivity index (χ1) is 15.5. The highest BCUT2D eigenvalue weighted by molar-refractivity contribution is 8.01. The van der Waals surface area contributed by atoms with Crippen molar-refractivity contribution >= 4 is 35.1 Å². The molecule has 0 bridgehead atoms. The highest BCUT2D eigenvalue weighted by Gasteiger charge is 2.59. The van der Waals surface area contributed by atoms with Gasteiger partial charge in [-0.05, 0) is 36.8 Å². The molecule has 1 atom stereocenters. The summed E-state index contributed by atoms with van der Waals surface area (Å²) in [6.45, 7) is 2.51. The Kier molecular flexibility index (Phi) is 5.13. The van der Waals surface area contributed by atoms with Gasteiger partial charge < -0.3 is 10.2 Å². The van der Waals surface area contributed by atoms with E-state index in [1.807, 2.05) is 55.5 Å². The van der Waals surface area contributed by atoms with Crippen molar-refractivity contribution in [3.63, 3.8) is 0 Å². The van der Waals surface area contributed by atoms with Crippen LogP contribution in [0.3, 0.4) is 0 Å². The fourth-order valence-corrected chi connectivity index (χ4v) is 5.90. The van der Waals surface area contributed by atoms with E-state index in [9.17, 15) is 14.0 Å². The van der Waals surface area contributed by atoms with Gasteiger partial charge in [-0.25, -0.2) is 9.18 Å². The first-order valence-corrected chi connectivity index (χ1v) is 11.4. The first-order valence-electron chi connectivity index (χ1n) is 10.4. The van der Waals surface area contributed by atoms with Gasteiger partial charge >= 0.3 is 6.03 Å². The number of aryl methyl sites for hydroxylation is 1. The number of carbonyl (C=O) groups excluding carboxylic acids is 2. The third-order valence-electron chi connectivity index (χ3n) is 5.90.